The first kappa shape index (κ1) is 16.4. The molecule has 126 valence electrons. The Morgan fingerprint density at radius 3 is 2.58 bits per heavy atom. The van der Waals surface area contributed by atoms with Crippen LogP contribution in [-0.2, 0) is 6.42 Å². The number of rotatable bonds is 7. The average molecular weight is 324 g/mol. The fourth-order valence-corrected chi connectivity index (χ4v) is 2.79. The number of aromatic nitrogens is 5. The average Bonchev–Trinajstić information content (AvgIpc) is 3.06. The molecule has 0 fully saturated rings. The van der Waals surface area contributed by atoms with Crippen molar-refractivity contribution in [2.24, 2.45) is 5.92 Å². The lowest BCUT2D eigenvalue weighted by molar-refractivity contribution is 0.542. The minimum atomic E-state index is 0.187. The number of nitrogens with zero attached hydrogens (tertiary/aromatic N) is 5. The van der Waals surface area contributed by atoms with Crippen LogP contribution in [0.15, 0.2) is 36.4 Å². The third kappa shape index (κ3) is 3.69. The molecule has 24 heavy (non-hydrogen) atoms. The van der Waals surface area contributed by atoms with Gasteiger partial charge in [0, 0.05) is 0 Å². The predicted molar refractivity (Wildman–Crippen MR) is 94.8 cm³/mol. The smallest absolute Gasteiger partial charge is 0.200 e. The Morgan fingerprint density at radius 1 is 1.08 bits per heavy atom. The predicted octanol–water partition coefficient (Wildman–Crippen LogP) is 3.67. The highest BCUT2D eigenvalue weighted by molar-refractivity contribution is 5.44. The summed E-state index contributed by atoms with van der Waals surface area (Å²) in [6.07, 6.45) is 3.61. The maximum Gasteiger partial charge on any atom is 0.200 e. The van der Waals surface area contributed by atoms with Crippen LogP contribution in [0.5, 0.6) is 0 Å². The second-order valence-corrected chi connectivity index (χ2v) is 6.46. The van der Waals surface area contributed by atoms with Gasteiger partial charge >= 0.3 is 0 Å². The van der Waals surface area contributed by atoms with Crippen molar-refractivity contribution >= 4 is 11.5 Å². The van der Waals surface area contributed by atoms with Crippen molar-refractivity contribution in [2.45, 2.75) is 46.1 Å². The SMILES string of the molecule is CCCCc1ccc([C@@H](Nc2ccc3nnnn3n2)C(C)C)cc1. The minimum Gasteiger partial charge on any atom is -0.362 e. The Morgan fingerprint density at radius 2 is 1.88 bits per heavy atom. The van der Waals surface area contributed by atoms with Crippen LogP contribution in [0.25, 0.3) is 5.65 Å². The van der Waals surface area contributed by atoms with Crippen molar-refractivity contribution in [3.8, 4) is 0 Å². The quantitative estimate of drug-likeness (QED) is 0.718. The van der Waals surface area contributed by atoms with Gasteiger partial charge < -0.3 is 5.32 Å². The first-order valence-electron chi connectivity index (χ1n) is 8.58. The zero-order valence-electron chi connectivity index (χ0n) is 14.5. The maximum absolute atomic E-state index is 4.41. The summed E-state index contributed by atoms with van der Waals surface area (Å²) in [6.45, 7) is 6.64. The lowest BCUT2D eigenvalue weighted by Crippen LogP contribution is -2.18. The van der Waals surface area contributed by atoms with Crippen molar-refractivity contribution in [1.82, 2.24) is 25.3 Å². The van der Waals surface area contributed by atoms with Crippen molar-refractivity contribution in [3.05, 3.63) is 47.5 Å². The molecule has 1 aromatic carbocycles. The van der Waals surface area contributed by atoms with Crippen LogP contribution in [0, 0.1) is 5.92 Å². The summed E-state index contributed by atoms with van der Waals surface area (Å²) in [7, 11) is 0. The first-order valence-corrected chi connectivity index (χ1v) is 8.58. The number of tetrazole rings is 1. The van der Waals surface area contributed by atoms with Gasteiger partial charge in [-0.25, -0.2) is 0 Å². The van der Waals surface area contributed by atoms with Gasteiger partial charge in [-0.2, -0.15) is 0 Å². The molecule has 1 atom stereocenters. The highest BCUT2D eigenvalue weighted by atomic mass is 15.6. The topological polar surface area (TPSA) is 68.0 Å². The van der Waals surface area contributed by atoms with Crippen LogP contribution in [-0.4, -0.2) is 25.3 Å². The van der Waals surface area contributed by atoms with Gasteiger partial charge in [-0.3, -0.25) is 0 Å². The Kier molecular flexibility index (Phi) is 5.03. The fraction of sp³-hybridized carbons (Fsp3) is 0.444. The highest BCUT2D eigenvalue weighted by Crippen LogP contribution is 2.26. The Balaban J connectivity index is 1.78. The van der Waals surface area contributed by atoms with Gasteiger partial charge in [0.15, 0.2) is 5.65 Å². The monoisotopic (exact) mass is 324 g/mol. The number of hydrogen-bond donors (Lipinski definition) is 1. The van der Waals surface area contributed by atoms with E-state index in [2.05, 4.69) is 71.0 Å². The second-order valence-electron chi connectivity index (χ2n) is 6.46. The zero-order valence-corrected chi connectivity index (χ0v) is 14.5. The first-order chi connectivity index (χ1) is 11.7. The third-order valence-electron chi connectivity index (χ3n) is 4.20. The Labute approximate surface area is 142 Å². The fourth-order valence-electron chi connectivity index (χ4n) is 2.79. The molecule has 2 heterocycles. The number of nitrogens with one attached hydrogen (secondary N) is 1. The third-order valence-corrected chi connectivity index (χ3v) is 4.20. The molecule has 0 aliphatic rings. The molecule has 0 aliphatic carbocycles. The highest BCUT2D eigenvalue weighted by Gasteiger charge is 2.16. The largest absolute Gasteiger partial charge is 0.362 e. The van der Waals surface area contributed by atoms with E-state index in [1.165, 1.54) is 28.6 Å². The minimum absolute atomic E-state index is 0.187. The van der Waals surface area contributed by atoms with Gasteiger partial charge in [0.2, 0.25) is 0 Å². The molecule has 6 nitrogen and oxygen atoms in total. The van der Waals surface area contributed by atoms with Gasteiger partial charge in [-0.15, -0.1) is 14.8 Å². The van der Waals surface area contributed by atoms with Crippen LogP contribution >= 0.6 is 0 Å². The van der Waals surface area contributed by atoms with Gasteiger partial charge in [-0.1, -0.05) is 51.5 Å². The summed E-state index contributed by atoms with van der Waals surface area (Å²) >= 11 is 0. The molecule has 0 amide bonds. The van der Waals surface area contributed by atoms with E-state index >= 15 is 0 Å². The molecule has 3 aromatic rings. The summed E-state index contributed by atoms with van der Waals surface area (Å²) in [6, 6.07) is 12.9. The molecule has 6 heteroatoms. The van der Waals surface area contributed by atoms with E-state index in [1.807, 2.05) is 12.1 Å². The number of unbranched alkanes of at least 4 members (excludes halogenated alkanes) is 1. The molecular formula is C18H24N6. The van der Waals surface area contributed by atoms with E-state index in [0.717, 1.165) is 12.2 Å². The number of anilines is 1. The standard InChI is InChI=1S/C18H24N6/c1-4-5-6-14-7-9-15(10-8-14)18(13(2)3)19-16-11-12-17-20-22-23-24(17)21-16/h7-13,18H,4-6H2,1-3H3,(H,19,21)/t18-/m0/s1. The molecule has 0 saturated carbocycles. The summed E-state index contributed by atoms with van der Waals surface area (Å²) in [5, 5.41) is 19.3. The molecule has 0 bridgehead atoms. The number of aryl methyl sites for hydroxylation is 1. The second kappa shape index (κ2) is 7.38. The molecule has 0 unspecified atom stereocenters. The van der Waals surface area contributed by atoms with E-state index in [-0.39, 0.29) is 6.04 Å². The van der Waals surface area contributed by atoms with Crippen molar-refractivity contribution in [3.63, 3.8) is 0 Å². The number of fused-ring (bicyclic) bond motifs is 1. The van der Waals surface area contributed by atoms with Crippen molar-refractivity contribution in [2.75, 3.05) is 5.32 Å². The molecule has 0 radical (unpaired) electrons. The van der Waals surface area contributed by atoms with Crippen LogP contribution in [0.3, 0.4) is 0 Å². The van der Waals surface area contributed by atoms with Crippen LogP contribution in [0.1, 0.15) is 50.8 Å². The molecule has 2 aromatic heterocycles. The van der Waals surface area contributed by atoms with Crippen LogP contribution in [0.2, 0.25) is 0 Å². The number of benzene rings is 1. The Hall–Kier alpha value is -2.50. The maximum atomic E-state index is 4.41. The van der Waals surface area contributed by atoms with Gasteiger partial charge in [0.25, 0.3) is 0 Å². The van der Waals surface area contributed by atoms with E-state index in [4.69, 9.17) is 0 Å². The van der Waals surface area contributed by atoms with Gasteiger partial charge in [0.05, 0.1) is 6.04 Å². The summed E-state index contributed by atoms with van der Waals surface area (Å²) < 4.78 is 1.44. The molecule has 0 aliphatic heterocycles. The lowest BCUT2D eigenvalue weighted by Gasteiger charge is -2.23. The summed E-state index contributed by atoms with van der Waals surface area (Å²) in [5.74, 6) is 1.20. The molecule has 0 saturated heterocycles. The molecule has 3 rings (SSSR count). The van der Waals surface area contributed by atoms with Gasteiger partial charge in [0.1, 0.15) is 5.82 Å². The van der Waals surface area contributed by atoms with E-state index in [1.54, 1.807) is 0 Å². The van der Waals surface area contributed by atoms with Crippen LogP contribution in [0.4, 0.5) is 5.82 Å². The van der Waals surface area contributed by atoms with E-state index < -0.39 is 0 Å². The summed E-state index contributed by atoms with van der Waals surface area (Å²) in [5.41, 5.74) is 3.31. The van der Waals surface area contributed by atoms with E-state index in [0.29, 0.717) is 11.6 Å². The van der Waals surface area contributed by atoms with Crippen molar-refractivity contribution < 1.29 is 0 Å². The van der Waals surface area contributed by atoms with Crippen molar-refractivity contribution in [1.29, 1.82) is 0 Å². The molecule has 0 spiro atoms. The van der Waals surface area contributed by atoms with Crippen LogP contribution < -0.4 is 5.32 Å². The molecular weight excluding hydrogens is 300 g/mol. The van der Waals surface area contributed by atoms with E-state index in [9.17, 15) is 0 Å². The zero-order chi connectivity index (χ0) is 16.9. The summed E-state index contributed by atoms with van der Waals surface area (Å²) in [4.78, 5) is 0. The Bertz CT molecular complexity index is 778. The number of hydrogen-bond acceptors (Lipinski definition) is 5. The lowest BCUT2D eigenvalue weighted by atomic mass is 9.94. The molecule has 1 N–H and O–H groups in total. The normalized spacial score (nSPS) is 12.7. The van der Waals surface area contributed by atoms with Gasteiger partial charge in [-0.05, 0) is 52.4 Å².